The van der Waals surface area contributed by atoms with Gasteiger partial charge in [0.25, 0.3) is 0 Å². The molecule has 4 aromatic rings. The molecule has 12 heteroatoms. The number of hydrazine groups is 1. The Hall–Kier alpha value is -6.05. The average molecular weight is 891 g/mol. The molecule has 1 fully saturated rings. The molecular formula is C54H66N8O4. The molecule has 0 radical (unpaired) electrons. The predicted molar refractivity (Wildman–Crippen MR) is 268 cm³/mol. The van der Waals surface area contributed by atoms with Crippen molar-refractivity contribution >= 4 is 62.0 Å². The quantitative estimate of drug-likeness (QED) is 0.0347. The molecule has 346 valence electrons. The van der Waals surface area contributed by atoms with Gasteiger partial charge >= 0.3 is 0 Å². The van der Waals surface area contributed by atoms with E-state index >= 15 is 0 Å². The number of likely N-dealkylation sites (tertiary alicyclic amines) is 1. The number of aliphatic imine (C=N–C) groups is 1. The van der Waals surface area contributed by atoms with Crippen LogP contribution in [0.3, 0.4) is 0 Å². The number of nitrogens with one attached hydrogen (secondary N) is 3. The first-order valence-corrected chi connectivity index (χ1v) is 23.4. The highest BCUT2D eigenvalue weighted by molar-refractivity contribution is 6.12. The number of ketones is 2. The second kappa shape index (κ2) is 21.1. The summed E-state index contributed by atoms with van der Waals surface area (Å²) in [5.74, 6) is -0.847. The lowest BCUT2D eigenvalue weighted by molar-refractivity contribution is -0.140. The fraction of sp³-hybridized carbons (Fsp3) is 0.389. The second-order valence-corrected chi connectivity index (χ2v) is 18.6. The first kappa shape index (κ1) is 47.9. The lowest BCUT2D eigenvalue weighted by Crippen LogP contribution is -2.56. The van der Waals surface area contributed by atoms with E-state index in [0.717, 1.165) is 34.6 Å². The van der Waals surface area contributed by atoms with E-state index in [2.05, 4.69) is 134 Å². The van der Waals surface area contributed by atoms with Gasteiger partial charge < -0.3 is 26.6 Å². The van der Waals surface area contributed by atoms with E-state index in [4.69, 9.17) is 16.5 Å². The number of amides is 2. The van der Waals surface area contributed by atoms with Crippen LogP contribution in [-0.2, 0) is 30.0 Å². The number of nitrogens with two attached hydrogens (primary N) is 2. The van der Waals surface area contributed by atoms with E-state index in [1.54, 1.807) is 11.8 Å². The number of fused-ring (bicyclic) bond motifs is 6. The number of hydrogen-bond donors (Lipinski definition) is 5. The van der Waals surface area contributed by atoms with Gasteiger partial charge in [0, 0.05) is 41.7 Å². The topological polar surface area (TPSA) is 175 Å². The Labute approximate surface area is 389 Å². The largest absolute Gasteiger partial charge is 0.343 e. The highest BCUT2D eigenvalue weighted by Gasteiger charge is 2.42. The van der Waals surface area contributed by atoms with Crippen LogP contribution in [0.2, 0.25) is 0 Å². The Morgan fingerprint density at radius 1 is 0.833 bits per heavy atom. The van der Waals surface area contributed by atoms with Crippen molar-refractivity contribution in [3.63, 3.8) is 0 Å². The summed E-state index contributed by atoms with van der Waals surface area (Å²) in [6, 6.07) is 23.5. The van der Waals surface area contributed by atoms with Gasteiger partial charge in [-0.05, 0) is 96.1 Å². The van der Waals surface area contributed by atoms with E-state index in [9.17, 15) is 19.2 Å². The molecule has 2 amide bonds. The van der Waals surface area contributed by atoms with Crippen molar-refractivity contribution in [2.75, 3.05) is 37.6 Å². The van der Waals surface area contributed by atoms with E-state index in [-0.39, 0.29) is 53.7 Å². The van der Waals surface area contributed by atoms with Gasteiger partial charge in [-0.1, -0.05) is 125 Å². The van der Waals surface area contributed by atoms with Crippen LogP contribution < -0.4 is 32.5 Å². The normalized spacial score (nSPS) is 19.0. The van der Waals surface area contributed by atoms with Crippen LogP contribution >= 0.6 is 0 Å². The minimum atomic E-state index is -0.741. The first-order chi connectivity index (χ1) is 31.8. The van der Waals surface area contributed by atoms with Gasteiger partial charge in [-0.2, -0.15) is 0 Å². The monoisotopic (exact) mass is 891 g/mol. The Kier molecular flexibility index (Phi) is 15.3. The number of benzene rings is 4. The lowest BCUT2D eigenvalue weighted by atomic mass is 9.79. The molecule has 1 saturated heterocycles. The molecule has 66 heavy (non-hydrogen) atoms. The van der Waals surface area contributed by atoms with Crippen molar-refractivity contribution in [3.8, 4) is 0 Å². The maximum Gasteiger partial charge on any atom is 0.242 e. The van der Waals surface area contributed by atoms with Crippen LogP contribution in [-0.4, -0.2) is 84.8 Å². The minimum Gasteiger partial charge on any atom is -0.343 e. The third-order valence-electron chi connectivity index (χ3n) is 13.5. The van der Waals surface area contributed by atoms with Crippen LogP contribution in [0.25, 0.3) is 21.5 Å². The maximum atomic E-state index is 14.0. The van der Waals surface area contributed by atoms with Crippen molar-refractivity contribution in [2.45, 2.75) is 102 Å². The Morgan fingerprint density at radius 3 is 2.24 bits per heavy atom. The van der Waals surface area contributed by atoms with Crippen molar-refractivity contribution in [2.24, 2.45) is 16.5 Å². The highest BCUT2D eigenvalue weighted by atomic mass is 16.2. The highest BCUT2D eigenvalue weighted by Crippen LogP contribution is 2.51. The van der Waals surface area contributed by atoms with Gasteiger partial charge in [0.2, 0.25) is 11.8 Å². The van der Waals surface area contributed by atoms with Gasteiger partial charge in [0.05, 0.1) is 36.6 Å². The third kappa shape index (κ3) is 10.2. The van der Waals surface area contributed by atoms with Crippen LogP contribution in [0.4, 0.5) is 11.4 Å². The van der Waals surface area contributed by atoms with Crippen molar-refractivity contribution in [3.05, 3.63) is 132 Å². The summed E-state index contributed by atoms with van der Waals surface area (Å²) in [5, 5.41) is 7.75. The van der Waals surface area contributed by atoms with Crippen LogP contribution in [0.1, 0.15) is 84.3 Å². The SMILES string of the molecule is C[C@H](NCC(=O)[C@@H]1CCCN1C(=O)[C@H](CCCCN)NNC(=O)CCN1\C(=C/C=C/C=C/C=C/C2=Nc3ccc4ccccc4c3C2(C)C)C(C)(C)c2c1ccc1ccccc21)C(=O)CN. The van der Waals surface area contributed by atoms with Gasteiger partial charge in [-0.25, -0.2) is 5.43 Å². The van der Waals surface area contributed by atoms with Gasteiger partial charge in [-0.3, -0.25) is 29.6 Å². The molecule has 0 aliphatic carbocycles. The minimum absolute atomic E-state index is 0.0426. The summed E-state index contributed by atoms with van der Waals surface area (Å²) in [5.41, 5.74) is 23.2. The van der Waals surface area contributed by atoms with E-state index in [1.165, 1.54) is 27.3 Å². The van der Waals surface area contributed by atoms with E-state index < -0.39 is 18.1 Å². The molecule has 0 spiro atoms. The molecule has 4 aromatic carbocycles. The summed E-state index contributed by atoms with van der Waals surface area (Å²) in [6.45, 7) is 11.8. The van der Waals surface area contributed by atoms with Crippen molar-refractivity contribution in [1.29, 1.82) is 0 Å². The fourth-order valence-electron chi connectivity index (χ4n) is 9.84. The number of hydrogen-bond acceptors (Lipinski definition) is 10. The van der Waals surface area contributed by atoms with Gasteiger partial charge in [0.1, 0.15) is 6.04 Å². The molecule has 7 rings (SSSR count). The summed E-state index contributed by atoms with van der Waals surface area (Å²) in [4.78, 5) is 61.8. The smallest absolute Gasteiger partial charge is 0.242 e. The van der Waals surface area contributed by atoms with Crippen LogP contribution in [0.15, 0.2) is 126 Å². The number of allylic oxidation sites excluding steroid dienone is 8. The zero-order valence-corrected chi connectivity index (χ0v) is 39.1. The van der Waals surface area contributed by atoms with Crippen molar-refractivity contribution in [1.82, 2.24) is 21.1 Å². The molecule has 0 unspecified atom stereocenters. The number of carbonyl (C=O) groups is 4. The van der Waals surface area contributed by atoms with E-state index in [0.29, 0.717) is 45.3 Å². The molecular weight excluding hydrogens is 825 g/mol. The van der Waals surface area contributed by atoms with Crippen LogP contribution in [0, 0.1) is 0 Å². The van der Waals surface area contributed by atoms with Crippen LogP contribution in [0.5, 0.6) is 0 Å². The van der Waals surface area contributed by atoms with Gasteiger partial charge in [0.15, 0.2) is 11.6 Å². The molecule has 3 aliphatic heterocycles. The molecule has 0 bridgehead atoms. The maximum absolute atomic E-state index is 14.0. The number of Topliss-reactive ketones (excluding diaryl/α,β-unsaturated/α-hetero) is 2. The number of rotatable bonds is 20. The molecule has 7 N–H and O–H groups in total. The Balaban J connectivity index is 1.03. The summed E-state index contributed by atoms with van der Waals surface area (Å²) >= 11 is 0. The molecule has 0 saturated carbocycles. The third-order valence-corrected chi connectivity index (χ3v) is 13.5. The predicted octanol–water partition coefficient (Wildman–Crippen LogP) is 7.28. The number of unbranched alkanes of at least 4 members (excludes halogenated alkanes) is 1. The van der Waals surface area contributed by atoms with E-state index in [1.807, 2.05) is 30.4 Å². The Bertz CT molecular complexity index is 2620. The average Bonchev–Trinajstić information content (AvgIpc) is 3.98. The molecule has 12 nitrogen and oxygen atoms in total. The molecule has 3 heterocycles. The lowest BCUT2D eigenvalue weighted by Gasteiger charge is -2.29. The molecule has 0 aromatic heterocycles. The Morgan fingerprint density at radius 2 is 1.52 bits per heavy atom. The first-order valence-electron chi connectivity index (χ1n) is 23.4. The fourth-order valence-corrected chi connectivity index (χ4v) is 9.84. The zero-order valence-electron chi connectivity index (χ0n) is 39.1. The summed E-state index contributed by atoms with van der Waals surface area (Å²) in [6.07, 6.45) is 17.6. The number of anilines is 1. The molecule has 3 atom stereocenters. The second-order valence-electron chi connectivity index (χ2n) is 18.6. The summed E-state index contributed by atoms with van der Waals surface area (Å²) in [7, 11) is 0. The number of carbonyl (C=O) groups excluding carboxylic acids is 4. The van der Waals surface area contributed by atoms with Gasteiger partial charge in [-0.15, -0.1) is 0 Å². The number of nitrogens with zero attached hydrogens (tertiary/aromatic N) is 3. The molecule has 3 aliphatic rings. The van der Waals surface area contributed by atoms with Crippen molar-refractivity contribution < 1.29 is 19.2 Å². The standard InChI is InChI=1S/C54H66N8O4/c1-36(45(63)34-56)57-35-46(64)43-23-17-32-62(43)52(66)42(22-15-16-31-55)59-60-49(65)30-33-61-44-29-27-38-19-12-14-21-40(38)51(44)54(4,5)48(61)25-10-8-6-7-9-24-47-53(2,3)50-39-20-13-11-18-37(39)26-28-41(50)58-47/h6-14,18-21,24-29,36,42-43,57,59H,15-17,22-23,30-35,55-56H2,1-5H3,(H,60,65)/b7-6+,10-8+,24-9+,48-25-/t36-,42-,43-/m0/s1. The zero-order chi connectivity index (χ0) is 47.0. The summed E-state index contributed by atoms with van der Waals surface area (Å²) < 4.78 is 0.